The van der Waals surface area contributed by atoms with Crippen molar-refractivity contribution in [2.24, 2.45) is 17.6 Å². The van der Waals surface area contributed by atoms with Gasteiger partial charge in [0.05, 0.1) is 18.5 Å². The fourth-order valence-corrected chi connectivity index (χ4v) is 4.71. The summed E-state index contributed by atoms with van der Waals surface area (Å²) in [6, 6.07) is 14.5. The number of nitrogens with two attached hydrogens (primary N) is 1. The molecule has 35 heavy (non-hydrogen) atoms. The molecule has 0 spiro atoms. The van der Waals surface area contributed by atoms with Crippen molar-refractivity contribution in [3.05, 3.63) is 48.0 Å². The molecular weight excluding hydrogens is 440 g/mol. The first-order valence-electron chi connectivity index (χ1n) is 12.8. The smallest absolute Gasteiger partial charge is 0.411 e. The van der Waals surface area contributed by atoms with Crippen LogP contribution >= 0.6 is 0 Å². The molecule has 2 aliphatic rings. The highest BCUT2D eigenvalue weighted by molar-refractivity contribution is 5.91. The zero-order valence-corrected chi connectivity index (χ0v) is 21.0. The van der Waals surface area contributed by atoms with Crippen LogP contribution in [0.3, 0.4) is 0 Å². The number of benzene rings is 2. The van der Waals surface area contributed by atoms with E-state index in [2.05, 4.69) is 47.5 Å². The van der Waals surface area contributed by atoms with E-state index in [1.54, 1.807) is 0 Å². The molecule has 0 radical (unpaired) electrons. The van der Waals surface area contributed by atoms with Crippen molar-refractivity contribution in [3.63, 3.8) is 0 Å². The summed E-state index contributed by atoms with van der Waals surface area (Å²) in [6.07, 6.45) is 4.60. The lowest BCUT2D eigenvalue weighted by Crippen LogP contribution is -2.33. The summed E-state index contributed by atoms with van der Waals surface area (Å²) in [7, 11) is 1.38. The number of nitrogens with one attached hydrogen (secondary N) is 1. The predicted molar refractivity (Wildman–Crippen MR) is 140 cm³/mol. The molecule has 0 atom stereocenters. The Morgan fingerprint density at radius 3 is 2.51 bits per heavy atom. The van der Waals surface area contributed by atoms with Gasteiger partial charge in [0.25, 0.3) is 0 Å². The number of methoxy groups -OCH3 is 1. The van der Waals surface area contributed by atoms with Gasteiger partial charge in [-0.2, -0.15) is 0 Å². The maximum atomic E-state index is 12.8. The van der Waals surface area contributed by atoms with E-state index < -0.39 is 6.09 Å². The van der Waals surface area contributed by atoms with Gasteiger partial charge in [-0.15, -0.1) is 0 Å². The first kappa shape index (κ1) is 25.0. The number of hydrogen-bond donors (Lipinski definition) is 2. The second-order valence-electron chi connectivity index (χ2n) is 9.89. The molecule has 1 heterocycles. The lowest BCUT2D eigenvalue weighted by atomic mass is 9.97. The molecule has 4 rings (SSSR count). The van der Waals surface area contributed by atoms with E-state index in [0.717, 1.165) is 79.2 Å². The predicted octanol–water partition coefficient (Wildman–Crippen LogP) is 4.86. The van der Waals surface area contributed by atoms with E-state index in [4.69, 9.17) is 10.5 Å². The molecule has 7 nitrogen and oxygen atoms in total. The number of hydrogen-bond acceptors (Lipinski definition) is 5. The Labute approximate surface area is 208 Å². The van der Waals surface area contributed by atoms with Crippen molar-refractivity contribution in [1.82, 2.24) is 4.90 Å². The zero-order valence-electron chi connectivity index (χ0n) is 21.0. The summed E-state index contributed by atoms with van der Waals surface area (Å²) >= 11 is 0. The first-order valence-corrected chi connectivity index (χ1v) is 12.8. The van der Waals surface area contributed by atoms with Gasteiger partial charge in [-0.3, -0.25) is 10.1 Å². The van der Waals surface area contributed by atoms with Crippen LogP contribution in [0.25, 0.3) is 11.1 Å². The van der Waals surface area contributed by atoms with E-state index in [1.807, 2.05) is 17.0 Å². The number of rotatable bonds is 9. The van der Waals surface area contributed by atoms with Gasteiger partial charge in [0.15, 0.2) is 0 Å². The van der Waals surface area contributed by atoms with Crippen molar-refractivity contribution in [3.8, 4) is 11.1 Å². The highest BCUT2D eigenvalue weighted by Crippen LogP contribution is 2.35. The van der Waals surface area contributed by atoms with Crippen LogP contribution in [0.2, 0.25) is 0 Å². The van der Waals surface area contributed by atoms with Crippen LogP contribution in [0.4, 0.5) is 16.2 Å². The third-order valence-corrected chi connectivity index (χ3v) is 7.05. The Morgan fingerprint density at radius 1 is 1.09 bits per heavy atom. The number of carbonyl (C=O) groups excluding carboxylic acids is 2. The standard InChI is InChI=1S/C28H38N4O3/c1-20-11-15-31(16-12-20)26-10-9-24(18-25(26)30-28(34)35-2)23-6-3-5-21(17-23)19-32(14-4-13-29)27(33)22-7-8-22/h3,5-6,9-10,17-18,20,22H,4,7-8,11-16,19,29H2,1-2H3,(H,30,34). The molecule has 1 aliphatic carbocycles. The molecule has 2 fully saturated rings. The number of amides is 2. The molecule has 2 aromatic rings. The molecule has 188 valence electrons. The van der Waals surface area contributed by atoms with Gasteiger partial charge in [0, 0.05) is 32.1 Å². The van der Waals surface area contributed by atoms with Crippen LogP contribution in [-0.4, -0.2) is 50.2 Å². The molecule has 1 saturated heterocycles. The minimum Gasteiger partial charge on any atom is -0.453 e. The van der Waals surface area contributed by atoms with Crippen molar-refractivity contribution in [2.75, 3.05) is 43.5 Å². The van der Waals surface area contributed by atoms with Gasteiger partial charge >= 0.3 is 6.09 Å². The van der Waals surface area contributed by atoms with Crippen LogP contribution in [0.5, 0.6) is 0 Å². The topological polar surface area (TPSA) is 87.9 Å². The summed E-state index contributed by atoms with van der Waals surface area (Å²) < 4.78 is 4.89. The van der Waals surface area contributed by atoms with Crippen molar-refractivity contribution in [1.29, 1.82) is 0 Å². The molecule has 0 unspecified atom stereocenters. The van der Waals surface area contributed by atoms with Gasteiger partial charge < -0.3 is 20.3 Å². The quantitative estimate of drug-likeness (QED) is 0.538. The Hall–Kier alpha value is -3.06. The monoisotopic (exact) mass is 478 g/mol. The fraction of sp³-hybridized carbons (Fsp3) is 0.500. The largest absolute Gasteiger partial charge is 0.453 e. The second-order valence-corrected chi connectivity index (χ2v) is 9.89. The van der Waals surface area contributed by atoms with Gasteiger partial charge in [0.1, 0.15) is 0 Å². The third kappa shape index (κ3) is 6.54. The Bertz CT molecular complexity index is 1030. The van der Waals surface area contributed by atoms with E-state index in [1.165, 1.54) is 7.11 Å². The number of ether oxygens (including phenoxy) is 1. The Kier molecular flexibility index (Phi) is 8.29. The Balaban J connectivity index is 1.57. The highest BCUT2D eigenvalue weighted by Gasteiger charge is 2.33. The average molecular weight is 479 g/mol. The molecular formula is C28H38N4O3. The minimum absolute atomic E-state index is 0.188. The van der Waals surface area contributed by atoms with Crippen molar-refractivity contribution < 1.29 is 14.3 Å². The van der Waals surface area contributed by atoms with Gasteiger partial charge in [-0.05, 0) is 79.5 Å². The summed E-state index contributed by atoms with van der Waals surface area (Å²) in [5, 5.41) is 2.92. The number of piperidine rings is 1. The molecule has 2 aromatic carbocycles. The number of anilines is 2. The molecule has 2 amide bonds. The molecule has 1 aliphatic heterocycles. The molecule has 1 saturated carbocycles. The van der Waals surface area contributed by atoms with E-state index in [-0.39, 0.29) is 11.8 Å². The Morgan fingerprint density at radius 2 is 1.83 bits per heavy atom. The molecule has 3 N–H and O–H groups in total. The maximum absolute atomic E-state index is 12.8. The van der Waals surface area contributed by atoms with Crippen molar-refractivity contribution >= 4 is 23.4 Å². The normalized spacial score (nSPS) is 16.1. The summed E-state index contributed by atoms with van der Waals surface area (Å²) in [5.41, 5.74) is 10.6. The lowest BCUT2D eigenvalue weighted by Gasteiger charge is -2.33. The summed E-state index contributed by atoms with van der Waals surface area (Å²) in [5.74, 6) is 1.16. The highest BCUT2D eigenvalue weighted by atomic mass is 16.5. The summed E-state index contributed by atoms with van der Waals surface area (Å²) in [6.45, 7) is 6.08. The van der Waals surface area contributed by atoms with E-state index in [9.17, 15) is 9.59 Å². The van der Waals surface area contributed by atoms with Crippen LogP contribution < -0.4 is 16.0 Å². The average Bonchev–Trinajstić information content (AvgIpc) is 3.72. The summed E-state index contributed by atoms with van der Waals surface area (Å²) in [4.78, 5) is 29.2. The van der Waals surface area contributed by atoms with Crippen LogP contribution in [0, 0.1) is 11.8 Å². The first-order chi connectivity index (χ1) is 17.0. The lowest BCUT2D eigenvalue weighted by molar-refractivity contribution is -0.133. The third-order valence-electron chi connectivity index (χ3n) is 7.05. The van der Waals surface area contributed by atoms with Gasteiger partial charge in [0.2, 0.25) is 5.91 Å². The zero-order chi connectivity index (χ0) is 24.8. The van der Waals surface area contributed by atoms with E-state index in [0.29, 0.717) is 19.6 Å². The van der Waals surface area contributed by atoms with Crippen LogP contribution in [0.1, 0.15) is 44.6 Å². The SMILES string of the molecule is COC(=O)Nc1cc(-c2cccc(CN(CCCN)C(=O)C3CC3)c2)ccc1N1CCC(C)CC1. The van der Waals surface area contributed by atoms with Crippen LogP contribution in [0.15, 0.2) is 42.5 Å². The van der Waals surface area contributed by atoms with Crippen LogP contribution in [-0.2, 0) is 16.1 Å². The molecule has 7 heteroatoms. The number of carbonyl (C=O) groups is 2. The maximum Gasteiger partial charge on any atom is 0.411 e. The number of nitrogens with zero attached hydrogens (tertiary/aromatic N) is 2. The van der Waals surface area contributed by atoms with Gasteiger partial charge in [-0.1, -0.05) is 31.2 Å². The van der Waals surface area contributed by atoms with Gasteiger partial charge in [-0.25, -0.2) is 4.79 Å². The van der Waals surface area contributed by atoms with E-state index >= 15 is 0 Å². The minimum atomic E-state index is -0.475. The second kappa shape index (κ2) is 11.6. The molecule has 0 bridgehead atoms. The fourth-order valence-electron chi connectivity index (χ4n) is 4.71. The van der Waals surface area contributed by atoms with Crippen molar-refractivity contribution in [2.45, 2.75) is 45.6 Å². The molecule has 0 aromatic heterocycles.